The molecule has 0 saturated heterocycles. The van der Waals surface area contributed by atoms with Gasteiger partial charge in [-0.1, -0.05) is 12.1 Å². The van der Waals surface area contributed by atoms with E-state index in [1.807, 2.05) is 13.8 Å². The Balaban J connectivity index is 1.87. The molecular weight excluding hydrogens is 327 g/mol. The third-order valence-electron chi connectivity index (χ3n) is 3.72. The van der Waals surface area contributed by atoms with E-state index in [1.54, 1.807) is 12.1 Å². The third kappa shape index (κ3) is 3.73. The van der Waals surface area contributed by atoms with Crippen LogP contribution < -0.4 is 10.1 Å². The fourth-order valence-electron chi connectivity index (χ4n) is 2.23. The summed E-state index contributed by atoms with van der Waals surface area (Å²) >= 11 is 0. The van der Waals surface area contributed by atoms with E-state index in [0.717, 1.165) is 6.42 Å². The molecule has 1 N–H and O–H groups in total. The maximum atomic E-state index is 13.1. The first-order valence-electron chi connectivity index (χ1n) is 7.87. The molecule has 7 nitrogen and oxygen atoms in total. The van der Waals surface area contributed by atoms with Crippen LogP contribution in [0.25, 0.3) is 22.4 Å². The fourth-order valence-corrected chi connectivity index (χ4v) is 2.23. The molecule has 0 aliphatic heterocycles. The van der Waals surface area contributed by atoms with Crippen molar-refractivity contribution in [3.63, 3.8) is 0 Å². The summed E-state index contributed by atoms with van der Waals surface area (Å²) in [5, 5.41) is 7.21. The summed E-state index contributed by atoms with van der Waals surface area (Å²) in [5.41, 5.74) is 1.28. The third-order valence-corrected chi connectivity index (χ3v) is 3.72. The Kier molecular flexibility index (Phi) is 4.87. The second kappa shape index (κ2) is 7.25. The van der Waals surface area contributed by atoms with Crippen LogP contribution in [0.3, 0.4) is 0 Å². The smallest absolute Gasteiger partial charge is 0.265 e. The molecule has 0 spiro atoms. The minimum atomic E-state index is -0.356. The summed E-state index contributed by atoms with van der Waals surface area (Å²) in [7, 11) is 0. The number of benzene rings is 1. The quantitative estimate of drug-likeness (QED) is 0.739. The fraction of sp³-hybridized carbons (Fsp3) is 0.294. The average molecular weight is 344 g/mol. The van der Waals surface area contributed by atoms with E-state index in [9.17, 15) is 9.18 Å². The molecule has 0 saturated carbocycles. The molecule has 0 radical (unpaired) electrons. The van der Waals surface area contributed by atoms with Gasteiger partial charge in [0.15, 0.2) is 6.61 Å². The Morgan fingerprint density at radius 2 is 2.08 bits per heavy atom. The van der Waals surface area contributed by atoms with Crippen molar-refractivity contribution in [3.8, 4) is 17.1 Å². The minimum absolute atomic E-state index is 0.0619. The Morgan fingerprint density at radius 1 is 1.32 bits per heavy atom. The van der Waals surface area contributed by atoms with Crippen molar-refractivity contribution in [3.05, 3.63) is 36.4 Å². The van der Waals surface area contributed by atoms with Gasteiger partial charge < -0.3 is 14.6 Å². The molecule has 0 bridgehead atoms. The number of ether oxygens (including phenoxy) is 1. The van der Waals surface area contributed by atoms with Gasteiger partial charge in [-0.3, -0.25) is 4.79 Å². The van der Waals surface area contributed by atoms with Crippen LogP contribution >= 0.6 is 0 Å². The summed E-state index contributed by atoms with van der Waals surface area (Å²) in [5.74, 6) is -0.420. The van der Waals surface area contributed by atoms with Gasteiger partial charge in [-0.05, 0) is 37.6 Å². The molecule has 8 heteroatoms. The van der Waals surface area contributed by atoms with Crippen molar-refractivity contribution in [2.45, 2.75) is 26.3 Å². The molecule has 0 fully saturated rings. The molecule has 2 heterocycles. The number of nitrogens with one attached hydrogen (secondary N) is 1. The van der Waals surface area contributed by atoms with E-state index in [2.05, 4.69) is 20.4 Å². The van der Waals surface area contributed by atoms with Crippen LogP contribution in [0.2, 0.25) is 0 Å². The zero-order valence-electron chi connectivity index (χ0n) is 13.8. The first-order chi connectivity index (χ1) is 12.1. The van der Waals surface area contributed by atoms with E-state index in [4.69, 9.17) is 9.26 Å². The standard InChI is InChI=1S/C17H17FN4O3/c1-3-10(2)21-13(23)8-24-16-14-15(11-4-6-12(18)7-5-11)22-25-17(14)20-9-19-16/h4-7,9-10H,3,8H2,1-2H3,(H,21,23). The molecule has 3 aromatic rings. The molecule has 0 aliphatic rings. The van der Waals surface area contributed by atoms with Crippen molar-refractivity contribution in [1.29, 1.82) is 0 Å². The largest absolute Gasteiger partial charge is 0.467 e. The topological polar surface area (TPSA) is 90.1 Å². The lowest BCUT2D eigenvalue weighted by Crippen LogP contribution is -2.35. The highest BCUT2D eigenvalue weighted by Crippen LogP contribution is 2.32. The Labute approximate surface area is 143 Å². The van der Waals surface area contributed by atoms with Crippen LogP contribution in [0.4, 0.5) is 4.39 Å². The van der Waals surface area contributed by atoms with Gasteiger partial charge in [-0.2, -0.15) is 4.98 Å². The van der Waals surface area contributed by atoms with E-state index >= 15 is 0 Å². The van der Waals surface area contributed by atoms with Crippen molar-refractivity contribution >= 4 is 17.0 Å². The number of fused-ring (bicyclic) bond motifs is 1. The number of halogens is 1. The zero-order valence-corrected chi connectivity index (χ0v) is 13.8. The Bertz CT molecular complexity index is 879. The van der Waals surface area contributed by atoms with Crippen LogP contribution in [0.1, 0.15) is 20.3 Å². The Morgan fingerprint density at radius 3 is 2.80 bits per heavy atom. The van der Waals surface area contributed by atoms with Gasteiger partial charge in [0.25, 0.3) is 11.6 Å². The molecule has 130 valence electrons. The zero-order chi connectivity index (χ0) is 17.8. The number of hydrogen-bond acceptors (Lipinski definition) is 6. The molecular formula is C17H17FN4O3. The summed E-state index contributed by atoms with van der Waals surface area (Å²) < 4.78 is 23.8. The van der Waals surface area contributed by atoms with Gasteiger partial charge in [-0.25, -0.2) is 9.37 Å². The molecule has 1 amide bonds. The first kappa shape index (κ1) is 16.8. The minimum Gasteiger partial charge on any atom is -0.467 e. The van der Waals surface area contributed by atoms with Crippen molar-refractivity contribution < 1.29 is 18.4 Å². The highest BCUT2D eigenvalue weighted by molar-refractivity contribution is 5.93. The first-order valence-corrected chi connectivity index (χ1v) is 7.87. The van der Waals surface area contributed by atoms with E-state index in [-0.39, 0.29) is 36.0 Å². The van der Waals surface area contributed by atoms with E-state index in [0.29, 0.717) is 16.6 Å². The van der Waals surface area contributed by atoms with Crippen LogP contribution in [0.5, 0.6) is 5.88 Å². The Hall–Kier alpha value is -3.03. The molecule has 1 atom stereocenters. The maximum absolute atomic E-state index is 13.1. The normalized spacial score (nSPS) is 12.1. The van der Waals surface area contributed by atoms with Crippen LogP contribution in [-0.2, 0) is 4.79 Å². The number of hydrogen-bond donors (Lipinski definition) is 1. The van der Waals surface area contributed by atoms with E-state index in [1.165, 1.54) is 18.5 Å². The summed E-state index contributed by atoms with van der Waals surface area (Å²) in [6, 6.07) is 5.84. The second-order valence-corrected chi connectivity index (χ2v) is 5.56. The number of aromatic nitrogens is 3. The molecule has 0 aliphatic carbocycles. The number of carbonyl (C=O) groups excluding carboxylic acids is 1. The average Bonchev–Trinajstić information content (AvgIpc) is 3.05. The van der Waals surface area contributed by atoms with Gasteiger partial charge in [0.05, 0.1) is 0 Å². The number of nitrogens with zero attached hydrogens (tertiary/aromatic N) is 3. The van der Waals surface area contributed by atoms with Crippen LogP contribution in [-0.4, -0.2) is 33.7 Å². The summed E-state index contributed by atoms with van der Waals surface area (Å²) in [6.07, 6.45) is 2.09. The van der Waals surface area contributed by atoms with Crippen molar-refractivity contribution in [2.24, 2.45) is 0 Å². The van der Waals surface area contributed by atoms with Crippen molar-refractivity contribution in [1.82, 2.24) is 20.4 Å². The summed E-state index contributed by atoms with van der Waals surface area (Å²) in [4.78, 5) is 20.0. The van der Waals surface area contributed by atoms with Crippen molar-refractivity contribution in [2.75, 3.05) is 6.61 Å². The molecule has 2 aromatic heterocycles. The van der Waals surface area contributed by atoms with Gasteiger partial charge in [0.2, 0.25) is 5.88 Å². The highest BCUT2D eigenvalue weighted by Gasteiger charge is 2.19. The van der Waals surface area contributed by atoms with Crippen LogP contribution in [0, 0.1) is 5.82 Å². The number of carbonyl (C=O) groups is 1. The highest BCUT2D eigenvalue weighted by atomic mass is 19.1. The molecule has 1 unspecified atom stereocenters. The lowest BCUT2D eigenvalue weighted by atomic mass is 10.1. The van der Waals surface area contributed by atoms with Gasteiger partial charge in [0.1, 0.15) is 23.2 Å². The lowest BCUT2D eigenvalue weighted by Gasteiger charge is -2.11. The predicted octanol–water partition coefficient (Wildman–Crippen LogP) is 2.72. The maximum Gasteiger partial charge on any atom is 0.265 e. The molecule has 25 heavy (non-hydrogen) atoms. The molecule has 3 rings (SSSR count). The van der Waals surface area contributed by atoms with Crippen LogP contribution in [0.15, 0.2) is 35.1 Å². The lowest BCUT2D eigenvalue weighted by molar-refractivity contribution is -0.123. The summed E-state index contributed by atoms with van der Waals surface area (Å²) in [6.45, 7) is 3.70. The SMILES string of the molecule is CCC(C)NC(=O)COc1ncnc2onc(-c3ccc(F)cc3)c12. The second-order valence-electron chi connectivity index (χ2n) is 5.56. The van der Waals surface area contributed by atoms with Gasteiger partial charge >= 0.3 is 0 Å². The van der Waals surface area contributed by atoms with E-state index < -0.39 is 0 Å². The monoisotopic (exact) mass is 344 g/mol. The number of amides is 1. The predicted molar refractivity (Wildman–Crippen MR) is 88.4 cm³/mol. The number of rotatable bonds is 6. The molecule has 1 aromatic carbocycles. The van der Waals surface area contributed by atoms with Gasteiger partial charge in [-0.15, -0.1) is 0 Å². The van der Waals surface area contributed by atoms with Gasteiger partial charge in [0, 0.05) is 11.6 Å².